The van der Waals surface area contributed by atoms with Gasteiger partial charge in [-0.05, 0) is 35.4 Å². The molecule has 0 amide bonds. The number of aromatic nitrogens is 2. The molecule has 1 aromatic heterocycles. The number of nitrogens with zero attached hydrogens (tertiary/aromatic N) is 2. The molecule has 0 atom stereocenters. The zero-order valence-corrected chi connectivity index (χ0v) is 15.2. The van der Waals surface area contributed by atoms with Gasteiger partial charge in [0.1, 0.15) is 0 Å². The number of benzene rings is 2. The van der Waals surface area contributed by atoms with Crippen molar-refractivity contribution in [1.82, 2.24) is 14.5 Å². The molecule has 124 valence electrons. The van der Waals surface area contributed by atoms with E-state index < -0.39 is 10.0 Å². The molecule has 3 aromatic rings. The number of hydrogen-bond acceptors (Lipinski definition) is 3. The van der Waals surface area contributed by atoms with Gasteiger partial charge in [-0.15, -0.1) is 0 Å². The second kappa shape index (κ2) is 7.29. The van der Waals surface area contributed by atoms with Gasteiger partial charge in [-0.2, -0.15) is 5.10 Å². The molecule has 0 radical (unpaired) electrons. The van der Waals surface area contributed by atoms with E-state index >= 15 is 0 Å². The highest BCUT2D eigenvalue weighted by Crippen LogP contribution is 2.16. The maximum absolute atomic E-state index is 12.3. The Labute approximate surface area is 149 Å². The molecular weight excluding hydrogens is 390 g/mol. The third kappa shape index (κ3) is 4.31. The fourth-order valence-electron chi connectivity index (χ4n) is 2.24. The lowest BCUT2D eigenvalue weighted by Gasteiger charge is -2.08. The molecule has 5 nitrogen and oxygen atoms in total. The normalized spacial score (nSPS) is 11.5. The fraction of sp³-hybridized carbons (Fsp3) is 0.118. The Morgan fingerprint density at radius 2 is 1.79 bits per heavy atom. The standard InChI is InChI=1S/C17H16BrN3O2S/c18-16-3-1-4-17(11-16)24(22,23)20-12-14-5-7-15(8-6-14)13-21-10-2-9-19-21/h1-11,20H,12-13H2. The van der Waals surface area contributed by atoms with Crippen molar-refractivity contribution in [3.8, 4) is 0 Å². The molecule has 0 fully saturated rings. The molecule has 3 rings (SSSR count). The van der Waals surface area contributed by atoms with E-state index in [-0.39, 0.29) is 11.4 Å². The topological polar surface area (TPSA) is 64.0 Å². The third-order valence-electron chi connectivity index (χ3n) is 3.50. The van der Waals surface area contributed by atoms with Gasteiger partial charge >= 0.3 is 0 Å². The van der Waals surface area contributed by atoms with Crippen molar-refractivity contribution in [3.05, 3.63) is 82.6 Å². The summed E-state index contributed by atoms with van der Waals surface area (Å²) in [6.45, 7) is 0.938. The summed E-state index contributed by atoms with van der Waals surface area (Å²) < 4.78 is 29.8. The Bertz CT molecular complexity index is 907. The maximum atomic E-state index is 12.3. The van der Waals surface area contributed by atoms with Crippen LogP contribution in [0.4, 0.5) is 0 Å². The van der Waals surface area contributed by atoms with Crippen LogP contribution in [0, 0.1) is 0 Å². The van der Waals surface area contributed by atoms with E-state index in [1.807, 2.05) is 41.2 Å². The van der Waals surface area contributed by atoms with Crippen molar-refractivity contribution in [1.29, 1.82) is 0 Å². The van der Waals surface area contributed by atoms with Crippen LogP contribution >= 0.6 is 15.9 Å². The molecule has 0 bridgehead atoms. The predicted octanol–water partition coefficient (Wildman–Crippen LogP) is 3.17. The average Bonchev–Trinajstić information content (AvgIpc) is 3.07. The van der Waals surface area contributed by atoms with Gasteiger partial charge in [0, 0.05) is 23.4 Å². The molecule has 0 aliphatic carbocycles. The summed E-state index contributed by atoms with van der Waals surface area (Å²) in [6.07, 6.45) is 3.64. The summed E-state index contributed by atoms with van der Waals surface area (Å²) >= 11 is 3.28. The summed E-state index contributed by atoms with van der Waals surface area (Å²) in [7, 11) is -3.53. The molecule has 0 saturated carbocycles. The monoisotopic (exact) mass is 405 g/mol. The number of rotatable bonds is 6. The lowest BCUT2D eigenvalue weighted by Crippen LogP contribution is -2.23. The molecule has 1 heterocycles. The highest BCUT2D eigenvalue weighted by atomic mass is 79.9. The molecule has 0 aliphatic rings. The van der Waals surface area contributed by atoms with E-state index in [0.29, 0.717) is 6.54 Å². The van der Waals surface area contributed by atoms with Gasteiger partial charge in [-0.1, -0.05) is 46.3 Å². The van der Waals surface area contributed by atoms with Crippen LogP contribution in [0.1, 0.15) is 11.1 Å². The van der Waals surface area contributed by atoms with E-state index in [0.717, 1.165) is 15.6 Å². The largest absolute Gasteiger partial charge is 0.268 e. The van der Waals surface area contributed by atoms with Crippen LogP contribution < -0.4 is 4.72 Å². The van der Waals surface area contributed by atoms with E-state index in [1.54, 1.807) is 30.5 Å². The molecule has 0 unspecified atom stereocenters. The first-order valence-electron chi connectivity index (χ1n) is 7.33. The van der Waals surface area contributed by atoms with Crippen LogP contribution in [-0.2, 0) is 23.1 Å². The van der Waals surface area contributed by atoms with Crippen LogP contribution in [0.3, 0.4) is 0 Å². The molecule has 2 aromatic carbocycles. The van der Waals surface area contributed by atoms with Crippen LogP contribution in [0.25, 0.3) is 0 Å². The summed E-state index contributed by atoms with van der Waals surface area (Å²) in [4.78, 5) is 0.243. The Morgan fingerprint density at radius 1 is 1.04 bits per heavy atom. The van der Waals surface area contributed by atoms with Gasteiger partial charge < -0.3 is 0 Å². The first-order chi connectivity index (χ1) is 11.5. The Morgan fingerprint density at radius 3 is 2.46 bits per heavy atom. The minimum Gasteiger partial charge on any atom is -0.268 e. The Kier molecular flexibility index (Phi) is 5.13. The molecular formula is C17H16BrN3O2S. The number of hydrogen-bond donors (Lipinski definition) is 1. The van der Waals surface area contributed by atoms with E-state index in [9.17, 15) is 8.42 Å². The lowest BCUT2D eigenvalue weighted by atomic mass is 10.1. The summed E-state index contributed by atoms with van der Waals surface area (Å²) in [5, 5.41) is 4.16. The minimum absolute atomic E-state index is 0.243. The molecule has 1 N–H and O–H groups in total. The maximum Gasteiger partial charge on any atom is 0.240 e. The van der Waals surface area contributed by atoms with Crippen molar-refractivity contribution in [2.24, 2.45) is 0 Å². The van der Waals surface area contributed by atoms with Gasteiger partial charge in [0.2, 0.25) is 10.0 Å². The van der Waals surface area contributed by atoms with Crippen LogP contribution in [0.5, 0.6) is 0 Å². The quantitative estimate of drug-likeness (QED) is 0.684. The van der Waals surface area contributed by atoms with Crippen molar-refractivity contribution in [2.45, 2.75) is 18.0 Å². The van der Waals surface area contributed by atoms with Crippen LogP contribution in [0.15, 0.2) is 76.4 Å². The highest BCUT2D eigenvalue weighted by Gasteiger charge is 2.13. The molecule has 7 heteroatoms. The molecule has 0 saturated heterocycles. The zero-order chi connectivity index (χ0) is 17.0. The van der Waals surface area contributed by atoms with E-state index in [2.05, 4.69) is 25.8 Å². The summed E-state index contributed by atoms with van der Waals surface area (Å²) in [5.74, 6) is 0. The smallest absolute Gasteiger partial charge is 0.240 e. The van der Waals surface area contributed by atoms with Crippen molar-refractivity contribution < 1.29 is 8.42 Å². The van der Waals surface area contributed by atoms with Crippen LogP contribution in [-0.4, -0.2) is 18.2 Å². The summed E-state index contributed by atoms with van der Waals surface area (Å²) in [6, 6.07) is 16.3. The van der Waals surface area contributed by atoms with Gasteiger partial charge in [0.05, 0.1) is 11.4 Å². The number of halogens is 1. The first kappa shape index (κ1) is 16.9. The molecule has 0 spiro atoms. The van der Waals surface area contributed by atoms with E-state index in [4.69, 9.17) is 0 Å². The second-order valence-corrected chi connectivity index (χ2v) is 7.98. The lowest BCUT2D eigenvalue weighted by molar-refractivity contribution is 0.581. The number of nitrogens with one attached hydrogen (secondary N) is 1. The van der Waals surface area contributed by atoms with E-state index in [1.165, 1.54) is 0 Å². The second-order valence-electron chi connectivity index (χ2n) is 5.30. The minimum atomic E-state index is -3.53. The summed E-state index contributed by atoms with van der Waals surface area (Å²) in [5.41, 5.74) is 2.01. The Balaban J connectivity index is 1.64. The third-order valence-corrected chi connectivity index (χ3v) is 5.39. The van der Waals surface area contributed by atoms with Crippen molar-refractivity contribution in [2.75, 3.05) is 0 Å². The molecule has 0 aliphatic heterocycles. The predicted molar refractivity (Wildman–Crippen MR) is 95.9 cm³/mol. The Hall–Kier alpha value is -1.96. The van der Waals surface area contributed by atoms with Crippen molar-refractivity contribution in [3.63, 3.8) is 0 Å². The first-order valence-corrected chi connectivity index (χ1v) is 9.61. The highest BCUT2D eigenvalue weighted by molar-refractivity contribution is 9.10. The SMILES string of the molecule is O=S(=O)(NCc1ccc(Cn2cccn2)cc1)c1cccc(Br)c1. The molecule has 24 heavy (non-hydrogen) atoms. The fourth-order valence-corrected chi connectivity index (χ4v) is 3.85. The van der Waals surface area contributed by atoms with Gasteiger partial charge in [-0.3, -0.25) is 4.68 Å². The van der Waals surface area contributed by atoms with Crippen molar-refractivity contribution >= 4 is 26.0 Å². The average molecular weight is 406 g/mol. The van der Waals surface area contributed by atoms with Gasteiger partial charge in [0.25, 0.3) is 0 Å². The van der Waals surface area contributed by atoms with Gasteiger partial charge in [0.15, 0.2) is 0 Å². The zero-order valence-electron chi connectivity index (χ0n) is 12.8. The van der Waals surface area contributed by atoms with Crippen LogP contribution in [0.2, 0.25) is 0 Å². The number of sulfonamides is 1. The van der Waals surface area contributed by atoms with Gasteiger partial charge in [-0.25, -0.2) is 13.1 Å².